The van der Waals surface area contributed by atoms with Gasteiger partial charge in [-0.1, -0.05) is 62.9 Å². The van der Waals surface area contributed by atoms with E-state index in [1.807, 2.05) is 38.1 Å². The van der Waals surface area contributed by atoms with Crippen LogP contribution in [0.3, 0.4) is 0 Å². The van der Waals surface area contributed by atoms with E-state index >= 15 is 0 Å². The molecule has 0 radical (unpaired) electrons. The van der Waals surface area contributed by atoms with Crippen LogP contribution in [0.25, 0.3) is 0 Å². The van der Waals surface area contributed by atoms with E-state index in [1.165, 1.54) is 16.0 Å². The molecule has 2 heteroatoms. The van der Waals surface area contributed by atoms with Gasteiger partial charge in [-0.15, -0.1) is 0 Å². The van der Waals surface area contributed by atoms with Crippen molar-refractivity contribution in [3.8, 4) is 0 Å². The fraction of sp³-hybridized carbons (Fsp3) is 0.278. The first-order valence-electron chi connectivity index (χ1n) is 7.20. The average molecular weight is 284 g/mol. The van der Waals surface area contributed by atoms with Crippen LogP contribution in [0, 0.1) is 0 Å². The van der Waals surface area contributed by atoms with E-state index in [4.69, 9.17) is 0 Å². The summed E-state index contributed by atoms with van der Waals surface area (Å²) in [6, 6.07) is 14.4. The first-order chi connectivity index (χ1) is 9.78. The van der Waals surface area contributed by atoms with E-state index in [9.17, 15) is 4.79 Å². The summed E-state index contributed by atoms with van der Waals surface area (Å²) in [5.74, 6) is 0.227. The van der Waals surface area contributed by atoms with Crippen LogP contribution in [0.15, 0.2) is 52.3 Å². The molecule has 0 fully saturated rings. The molecule has 0 atom stereocenters. The molecule has 20 heavy (non-hydrogen) atoms. The van der Waals surface area contributed by atoms with Crippen LogP contribution in [-0.2, 0) is 12.8 Å². The van der Waals surface area contributed by atoms with E-state index in [-0.39, 0.29) is 5.78 Å². The van der Waals surface area contributed by atoms with Crippen LogP contribution in [0.2, 0.25) is 0 Å². The van der Waals surface area contributed by atoms with Crippen LogP contribution >= 0.6 is 11.8 Å². The Morgan fingerprint density at radius 2 is 1.80 bits per heavy atom. The first kappa shape index (κ1) is 14.9. The summed E-state index contributed by atoms with van der Waals surface area (Å²) in [7, 11) is 0. The molecule has 1 aliphatic rings. The Hall–Kier alpha value is -1.54. The molecule has 0 amide bonds. The summed E-state index contributed by atoms with van der Waals surface area (Å²) >= 11 is 1.71. The topological polar surface area (TPSA) is 17.1 Å². The Morgan fingerprint density at radius 3 is 2.55 bits per heavy atom. The molecular weight excluding hydrogens is 264 g/mol. The summed E-state index contributed by atoms with van der Waals surface area (Å²) in [4.78, 5) is 14.5. The number of Topliss-reactive ketones (excluding diaryl/α,β-unsaturated/α-hetero) is 1. The molecule has 1 nitrogen and oxygen atoms in total. The predicted molar refractivity (Wildman–Crippen MR) is 85.8 cm³/mol. The zero-order chi connectivity index (χ0) is 14.5. The molecule has 3 rings (SSSR count). The highest BCUT2D eigenvalue weighted by Gasteiger charge is 2.19. The first-order valence-corrected chi connectivity index (χ1v) is 8.01. The number of hydrogen-bond donors (Lipinski definition) is 0. The largest absolute Gasteiger partial charge is 0.294 e. The highest BCUT2D eigenvalue weighted by Crippen LogP contribution is 2.37. The lowest BCUT2D eigenvalue weighted by Gasteiger charge is -2.06. The molecule has 1 heterocycles. The number of rotatable bonds is 1. The molecule has 0 saturated carbocycles. The molecule has 0 unspecified atom stereocenters. The summed E-state index contributed by atoms with van der Waals surface area (Å²) in [5, 5.41) is 0. The van der Waals surface area contributed by atoms with Crippen molar-refractivity contribution >= 4 is 17.5 Å². The number of hydrogen-bond acceptors (Lipinski definition) is 2. The van der Waals surface area contributed by atoms with Gasteiger partial charge in [0.1, 0.15) is 0 Å². The molecule has 0 N–H and O–H groups in total. The molecule has 2 aromatic rings. The minimum atomic E-state index is 0.227. The van der Waals surface area contributed by atoms with Crippen molar-refractivity contribution in [2.75, 3.05) is 0 Å². The number of fused-ring (bicyclic) bond motifs is 2. The second-order valence-corrected chi connectivity index (χ2v) is 5.58. The van der Waals surface area contributed by atoms with Gasteiger partial charge in [-0.05, 0) is 29.7 Å². The van der Waals surface area contributed by atoms with Gasteiger partial charge >= 0.3 is 0 Å². The van der Waals surface area contributed by atoms with Crippen LogP contribution in [0.1, 0.15) is 42.3 Å². The van der Waals surface area contributed by atoms with Gasteiger partial charge in [-0.3, -0.25) is 4.79 Å². The van der Waals surface area contributed by atoms with Crippen molar-refractivity contribution in [3.05, 3.63) is 59.2 Å². The third-order valence-electron chi connectivity index (χ3n) is 3.29. The average Bonchev–Trinajstić information content (AvgIpc) is 2.64. The predicted octanol–water partition coefficient (Wildman–Crippen LogP) is 5.17. The van der Waals surface area contributed by atoms with E-state index in [1.54, 1.807) is 11.8 Å². The number of carbonyl (C=O) groups excluding carboxylic acids is 1. The molecular formula is C18H20OS. The standard InChI is InChI=1S/C16H14OS.C2H6/c1-2-11-7-8-15-12(9-11)10-14(17)13-5-3-4-6-16(13)18-15;1-2/h3-9H,2,10H2,1H3;1-2H3. The molecule has 104 valence electrons. The maximum Gasteiger partial charge on any atom is 0.168 e. The Bertz CT molecular complexity index is 617. The Balaban J connectivity index is 0.000000704. The maximum absolute atomic E-state index is 12.3. The Morgan fingerprint density at radius 1 is 1.05 bits per heavy atom. The number of benzene rings is 2. The summed E-state index contributed by atoms with van der Waals surface area (Å²) in [6.07, 6.45) is 1.53. The smallest absolute Gasteiger partial charge is 0.168 e. The molecule has 0 aromatic heterocycles. The quantitative estimate of drug-likeness (QED) is 0.719. The van der Waals surface area contributed by atoms with E-state index in [0.29, 0.717) is 6.42 Å². The second kappa shape index (κ2) is 6.76. The van der Waals surface area contributed by atoms with Gasteiger partial charge in [0.2, 0.25) is 0 Å². The lowest BCUT2D eigenvalue weighted by atomic mass is 10.0. The van der Waals surface area contributed by atoms with Crippen molar-refractivity contribution in [3.63, 3.8) is 0 Å². The van der Waals surface area contributed by atoms with Gasteiger partial charge in [0.25, 0.3) is 0 Å². The molecule has 0 spiro atoms. The van der Waals surface area contributed by atoms with Gasteiger partial charge < -0.3 is 0 Å². The van der Waals surface area contributed by atoms with E-state index < -0.39 is 0 Å². The number of aryl methyl sites for hydroxylation is 1. The zero-order valence-corrected chi connectivity index (χ0v) is 13.1. The maximum atomic E-state index is 12.3. The molecule has 0 aliphatic carbocycles. The van der Waals surface area contributed by atoms with Crippen molar-refractivity contribution in [1.29, 1.82) is 0 Å². The zero-order valence-electron chi connectivity index (χ0n) is 12.3. The lowest BCUT2D eigenvalue weighted by molar-refractivity contribution is 0.0990. The lowest BCUT2D eigenvalue weighted by Crippen LogP contribution is -2.03. The van der Waals surface area contributed by atoms with Crippen molar-refractivity contribution in [1.82, 2.24) is 0 Å². The molecule has 0 saturated heterocycles. The van der Waals surface area contributed by atoms with Crippen LogP contribution in [0.4, 0.5) is 0 Å². The summed E-state index contributed by atoms with van der Waals surface area (Å²) in [5.41, 5.74) is 3.32. The summed E-state index contributed by atoms with van der Waals surface area (Å²) in [6.45, 7) is 6.14. The number of carbonyl (C=O) groups is 1. The second-order valence-electron chi connectivity index (χ2n) is 4.49. The third kappa shape index (κ3) is 2.96. The fourth-order valence-electron chi connectivity index (χ4n) is 2.26. The van der Waals surface area contributed by atoms with E-state index in [0.717, 1.165) is 16.9 Å². The van der Waals surface area contributed by atoms with Crippen molar-refractivity contribution < 1.29 is 4.79 Å². The van der Waals surface area contributed by atoms with E-state index in [2.05, 4.69) is 25.1 Å². The SMILES string of the molecule is CC.CCc1ccc2c(c1)CC(=O)c1ccccc1S2. The van der Waals surface area contributed by atoms with Crippen LogP contribution < -0.4 is 0 Å². The highest BCUT2D eigenvalue weighted by atomic mass is 32.2. The molecule has 0 bridgehead atoms. The fourth-order valence-corrected chi connectivity index (χ4v) is 3.34. The number of ketones is 1. The molecule has 2 aromatic carbocycles. The monoisotopic (exact) mass is 284 g/mol. The van der Waals surface area contributed by atoms with Crippen molar-refractivity contribution in [2.24, 2.45) is 0 Å². The minimum absolute atomic E-state index is 0.227. The van der Waals surface area contributed by atoms with Crippen LogP contribution in [0.5, 0.6) is 0 Å². The third-order valence-corrected chi connectivity index (χ3v) is 4.49. The van der Waals surface area contributed by atoms with Crippen molar-refractivity contribution in [2.45, 2.75) is 43.4 Å². The van der Waals surface area contributed by atoms with Gasteiger partial charge in [0, 0.05) is 21.8 Å². The van der Waals surface area contributed by atoms with Gasteiger partial charge in [0.15, 0.2) is 5.78 Å². The Labute approximate surface area is 125 Å². The highest BCUT2D eigenvalue weighted by molar-refractivity contribution is 7.99. The van der Waals surface area contributed by atoms with Gasteiger partial charge in [-0.25, -0.2) is 0 Å². The van der Waals surface area contributed by atoms with Gasteiger partial charge in [0.05, 0.1) is 0 Å². The Kier molecular flexibility index (Phi) is 5.02. The summed E-state index contributed by atoms with van der Waals surface area (Å²) < 4.78 is 0. The minimum Gasteiger partial charge on any atom is -0.294 e. The normalized spacial score (nSPS) is 12.7. The van der Waals surface area contributed by atoms with Crippen LogP contribution in [-0.4, -0.2) is 5.78 Å². The molecule has 1 aliphatic heterocycles. The van der Waals surface area contributed by atoms with Gasteiger partial charge in [-0.2, -0.15) is 0 Å².